The summed E-state index contributed by atoms with van der Waals surface area (Å²) in [6.07, 6.45) is 0. The van der Waals surface area contributed by atoms with Crippen LogP contribution in [0.25, 0.3) is 11.0 Å². The maximum atomic E-state index is 5.66. The van der Waals surface area contributed by atoms with Gasteiger partial charge in [0.25, 0.3) is 6.01 Å². The van der Waals surface area contributed by atoms with Crippen LogP contribution in [0.4, 0.5) is 0 Å². The first-order chi connectivity index (χ1) is 9.78. The first-order valence-electron chi connectivity index (χ1n) is 6.60. The fourth-order valence-corrected chi connectivity index (χ4v) is 2.48. The Labute approximate surface area is 126 Å². The summed E-state index contributed by atoms with van der Waals surface area (Å²) in [5.74, 6) is 0. The van der Waals surface area contributed by atoms with Gasteiger partial charge in [0.2, 0.25) is 0 Å². The van der Waals surface area contributed by atoms with Gasteiger partial charge in [-0.25, -0.2) is 0 Å². The number of fused-ring (bicyclic) bond motifs is 1. The molecule has 3 aromatic rings. The fraction of sp³-hybridized carbons (Fsp3) is 0.188. The number of para-hydroxylation sites is 2. The van der Waals surface area contributed by atoms with Gasteiger partial charge in [-0.1, -0.05) is 40.2 Å². The predicted octanol–water partition coefficient (Wildman–Crippen LogP) is 4.25. The van der Waals surface area contributed by atoms with Gasteiger partial charge in [-0.2, -0.15) is 4.98 Å². The van der Waals surface area contributed by atoms with Gasteiger partial charge in [0.05, 0.1) is 24.2 Å². The third-order valence-corrected chi connectivity index (χ3v) is 3.68. The maximum Gasteiger partial charge on any atom is 0.297 e. The highest BCUT2D eigenvalue weighted by Gasteiger charge is 2.11. The van der Waals surface area contributed by atoms with Crippen LogP contribution in [-0.2, 0) is 6.54 Å². The van der Waals surface area contributed by atoms with E-state index in [1.165, 1.54) is 5.56 Å². The van der Waals surface area contributed by atoms with Crippen molar-refractivity contribution in [3.05, 3.63) is 58.6 Å². The molecular formula is C16H15BrN2O. The van der Waals surface area contributed by atoms with Crippen LogP contribution >= 0.6 is 15.9 Å². The van der Waals surface area contributed by atoms with Gasteiger partial charge in [0.1, 0.15) is 0 Å². The summed E-state index contributed by atoms with van der Waals surface area (Å²) in [5, 5.41) is 0. The van der Waals surface area contributed by atoms with Crippen LogP contribution in [0.5, 0.6) is 6.01 Å². The highest BCUT2D eigenvalue weighted by molar-refractivity contribution is 9.10. The number of halogens is 1. The average Bonchev–Trinajstić information content (AvgIpc) is 2.80. The molecule has 0 saturated heterocycles. The van der Waals surface area contributed by atoms with Crippen LogP contribution in [0.15, 0.2) is 53.0 Å². The van der Waals surface area contributed by atoms with E-state index in [4.69, 9.17) is 4.74 Å². The number of imidazole rings is 1. The van der Waals surface area contributed by atoms with Crippen LogP contribution < -0.4 is 4.74 Å². The molecule has 0 aliphatic carbocycles. The third kappa shape index (κ3) is 2.56. The van der Waals surface area contributed by atoms with Gasteiger partial charge in [-0.15, -0.1) is 0 Å². The molecule has 4 heteroatoms. The Morgan fingerprint density at radius 1 is 1.10 bits per heavy atom. The number of ether oxygens (including phenoxy) is 1. The molecule has 2 aromatic carbocycles. The van der Waals surface area contributed by atoms with Crippen LogP contribution in [-0.4, -0.2) is 16.2 Å². The lowest BCUT2D eigenvalue weighted by atomic mass is 10.2. The summed E-state index contributed by atoms with van der Waals surface area (Å²) in [5.41, 5.74) is 3.28. The lowest BCUT2D eigenvalue weighted by Crippen LogP contribution is -2.04. The van der Waals surface area contributed by atoms with Crippen molar-refractivity contribution in [2.24, 2.45) is 0 Å². The second-order valence-corrected chi connectivity index (χ2v) is 5.44. The minimum absolute atomic E-state index is 0.615. The maximum absolute atomic E-state index is 5.66. The molecule has 0 N–H and O–H groups in total. The summed E-state index contributed by atoms with van der Waals surface area (Å²) in [6.45, 7) is 3.34. The second-order valence-electron chi connectivity index (χ2n) is 4.53. The lowest BCUT2D eigenvalue weighted by molar-refractivity contribution is 0.301. The largest absolute Gasteiger partial charge is 0.465 e. The smallest absolute Gasteiger partial charge is 0.297 e. The van der Waals surface area contributed by atoms with Crippen molar-refractivity contribution in [3.8, 4) is 6.01 Å². The Bertz CT molecular complexity index is 719. The van der Waals surface area contributed by atoms with Crippen LogP contribution in [0, 0.1) is 0 Å². The normalized spacial score (nSPS) is 10.9. The molecule has 0 atom stereocenters. The molecule has 0 amide bonds. The molecule has 1 heterocycles. The molecular weight excluding hydrogens is 316 g/mol. The number of benzene rings is 2. The SMILES string of the molecule is CCOc1nc2ccccc2n1Cc1ccc(Br)cc1. The molecule has 0 fully saturated rings. The number of hydrogen-bond donors (Lipinski definition) is 0. The fourth-order valence-electron chi connectivity index (χ4n) is 2.22. The van der Waals surface area contributed by atoms with E-state index in [-0.39, 0.29) is 0 Å². The van der Waals surface area contributed by atoms with Gasteiger partial charge < -0.3 is 4.74 Å². The Kier molecular flexibility index (Phi) is 3.74. The molecule has 1 aromatic heterocycles. The first-order valence-corrected chi connectivity index (χ1v) is 7.39. The molecule has 0 aliphatic heterocycles. The minimum atomic E-state index is 0.615. The van der Waals surface area contributed by atoms with Crippen molar-refractivity contribution in [3.63, 3.8) is 0 Å². The van der Waals surface area contributed by atoms with Crippen molar-refractivity contribution < 1.29 is 4.74 Å². The van der Waals surface area contributed by atoms with E-state index in [0.717, 1.165) is 22.1 Å². The van der Waals surface area contributed by atoms with E-state index >= 15 is 0 Å². The molecule has 0 saturated carbocycles. The van der Waals surface area contributed by atoms with E-state index < -0.39 is 0 Å². The monoisotopic (exact) mass is 330 g/mol. The van der Waals surface area contributed by atoms with Crippen molar-refractivity contribution in [2.45, 2.75) is 13.5 Å². The van der Waals surface area contributed by atoms with E-state index in [1.54, 1.807) is 0 Å². The van der Waals surface area contributed by atoms with Crippen LogP contribution in [0.3, 0.4) is 0 Å². The first kappa shape index (κ1) is 13.2. The Morgan fingerprint density at radius 2 is 1.85 bits per heavy atom. The van der Waals surface area contributed by atoms with Crippen molar-refractivity contribution in [1.29, 1.82) is 0 Å². The van der Waals surface area contributed by atoms with Gasteiger partial charge in [-0.05, 0) is 36.8 Å². The predicted molar refractivity (Wildman–Crippen MR) is 84.1 cm³/mol. The molecule has 3 rings (SSSR count). The van der Waals surface area contributed by atoms with Crippen LogP contribution in [0.1, 0.15) is 12.5 Å². The molecule has 102 valence electrons. The molecule has 0 spiro atoms. The molecule has 3 nitrogen and oxygen atoms in total. The number of aromatic nitrogens is 2. The molecule has 0 aliphatic rings. The zero-order chi connectivity index (χ0) is 13.9. The second kappa shape index (κ2) is 5.67. The summed E-state index contributed by atoms with van der Waals surface area (Å²) in [6, 6.07) is 17.1. The lowest BCUT2D eigenvalue weighted by Gasteiger charge is -2.09. The number of rotatable bonds is 4. The summed E-state index contributed by atoms with van der Waals surface area (Å²) >= 11 is 3.46. The highest BCUT2D eigenvalue weighted by Crippen LogP contribution is 2.23. The van der Waals surface area contributed by atoms with E-state index in [9.17, 15) is 0 Å². The van der Waals surface area contributed by atoms with Crippen LogP contribution in [0.2, 0.25) is 0 Å². The average molecular weight is 331 g/mol. The standard InChI is InChI=1S/C16H15BrN2O/c1-2-20-16-18-14-5-3-4-6-15(14)19(16)11-12-7-9-13(17)10-8-12/h3-10H,2,11H2,1H3. The van der Waals surface area contributed by atoms with Crippen molar-refractivity contribution in [1.82, 2.24) is 9.55 Å². The third-order valence-electron chi connectivity index (χ3n) is 3.15. The van der Waals surface area contributed by atoms with Gasteiger partial charge >= 0.3 is 0 Å². The number of hydrogen-bond acceptors (Lipinski definition) is 2. The number of nitrogens with zero attached hydrogens (tertiary/aromatic N) is 2. The Balaban J connectivity index is 2.04. The van der Waals surface area contributed by atoms with Gasteiger partial charge in [-0.3, -0.25) is 4.57 Å². The molecule has 20 heavy (non-hydrogen) atoms. The Hall–Kier alpha value is -1.81. The summed E-state index contributed by atoms with van der Waals surface area (Å²) < 4.78 is 8.86. The van der Waals surface area contributed by atoms with Crippen molar-refractivity contribution in [2.75, 3.05) is 6.61 Å². The highest BCUT2D eigenvalue weighted by atomic mass is 79.9. The summed E-state index contributed by atoms with van der Waals surface area (Å²) in [4.78, 5) is 4.55. The van der Waals surface area contributed by atoms with Gasteiger partial charge in [0, 0.05) is 4.47 Å². The van der Waals surface area contributed by atoms with E-state index in [1.807, 2.05) is 25.1 Å². The topological polar surface area (TPSA) is 27.1 Å². The van der Waals surface area contributed by atoms with E-state index in [0.29, 0.717) is 12.6 Å². The van der Waals surface area contributed by atoms with Crippen molar-refractivity contribution >= 4 is 27.0 Å². The van der Waals surface area contributed by atoms with Gasteiger partial charge in [0.15, 0.2) is 0 Å². The molecule has 0 unspecified atom stereocenters. The zero-order valence-electron chi connectivity index (χ0n) is 11.2. The summed E-state index contributed by atoms with van der Waals surface area (Å²) in [7, 11) is 0. The zero-order valence-corrected chi connectivity index (χ0v) is 12.8. The minimum Gasteiger partial charge on any atom is -0.465 e. The molecule has 0 radical (unpaired) electrons. The molecule has 0 bridgehead atoms. The van der Waals surface area contributed by atoms with E-state index in [2.05, 4.69) is 55.8 Å². The quantitative estimate of drug-likeness (QED) is 0.715. The Morgan fingerprint density at radius 3 is 2.60 bits per heavy atom.